The minimum Gasteiger partial charge on any atom is -0.399 e. The summed E-state index contributed by atoms with van der Waals surface area (Å²) in [5, 5.41) is 0.678. The molecule has 0 spiro atoms. The van der Waals surface area contributed by atoms with Crippen molar-refractivity contribution in [3.8, 4) is 0 Å². The maximum absolute atomic E-state index is 13.9. The van der Waals surface area contributed by atoms with Gasteiger partial charge in [-0.15, -0.1) is 0 Å². The molecule has 2 aromatic rings. The highest BCUT2D eigenvalue weighted by Crippen LogP contribution is 2.31. The van der Waals surface area contributed by atoms with Gasteiger partial charge in [0.05, 0.1) is 11.7 Å². The minimum atomic E-state index is -0.332. The lowest BCUT2D eigenvalue weighted by Gasteiger charge is -2.28. The van der Waals surface area contributed by atoms with E-state index < -0.39 is 0 Å². The van der Waals surface area contributed by atoms with E-state index in [9.17, 15) is 4.39 Å². The molecule has 0 fully saturated rings. The van der Waals surface area contributed by atoms with Crippen molar-refractivity contribution in [3.05, 3.63) is 58.9 Å². The predicted molar refractivity (Wildman–Crippen MR) is 79.1 cm³/mol. The third-order valence-electron chi connectivity index (χ3n) is 3.29. The normalized spacial score (nSPS) is 12.2. The summed E-state index contributed by atoms with van der Waals surface area (Å²) in [4.78, 5) is 1.84. The van der Waals surface area contributed by atoms with E-state index in [1.54, 1.807) is 12.1 Å². The third-order valence-corrected chi connectivity index (χ3v) is 3.63. The fraction of sp³-hybridized carbons (Fsp3) is 0.200. The molecule has 2 N–H and O–H groups in total. The first kappa shape index (κ1) is 13.7. The second kappa shape index (κ2) is 5.49. The Morgan fingerprint density at radius 1 is 1.21 bits per heavy atom. The summed E-state index contributed by atoms with van der Waals surface area (Å²) in [5.41, 5.74) is 7.44. The monoisotopic (exact) mass is 278 g/mol. The van der Waals surface area contributed by atoms with E-state index in [2.05, 4.69) is 0 Å². The van der Waals surface area contributed by atoms with Crippen LogP contribution in [0.5, 0.6) is 0 Å². The van der Waals surface area contributed by atoms with Gasteiger partial charge in [-0.05, 0) is 36.8 Å². The predicted octanol–water partition coefficient (Wildman–Crippen LogP) is 4.26. The Kier molecular flexibility index (Phi) is 3.96. The Hall–Kier alpha value is -1.74. The highest BCUT2D eigenvalue weighted by molar-refractivity contribution is 6.31. The zero-order chi connectivity index (χ0) is 14.0. The van der Waals surface area contributed by atoms with Crippen molar-refractivity contribution in [2.24, 2.45) is 0 Å². The molecule has 0 saturated heterocycles. The second-order valence-electron chi connectivity index (χ2n) is 4.52. The molecule has 0 saturated carbocycles. The number of nitrogens with zero attached hydrogens (tertiary/aromatic N) is 1. The molecular formula is C15H16ClFN2. The van der Waals surface area contributed by atoms with E-state index in [0.717, 1.165) is 5.56 Å². The molecule has 1 atom stereocenters. The van der Waals surface area contributed by atoms with Crippen molar-refractivity contribution in [2.45, 2.75) is 13.0 Å². The fourth-order valence-electron chi connectivity index (χ4n) is 2.04. The van der Waals surface area contributed by atoms with Crippen LogP contribution in [-0.4, -0.2) is 7.05 Å². The van der Waals surface area contributed by atoms with Crippen molar-refractivity contribution >= 4 is 23.0 Å². The van der Waals surface area contributed by atoms with Crippen LogP contribution in [0.2, 0.25) is 5.02 Å². The molecule has 2 nitrogen and oxygen atoms in total. The first-order valence-corrected chi connectivity index (χ1v) is 6.41. The van der Waals surface area contributed by atoms with Crippen molar-refractivity contribution in [2.75, 3.05) is 17.7 Å². The van der Waals surface area contributed by atoms with Crippen LogP contribution in [0.25, 0.3) is 0 Å². The quantitative estimate of drug-likeness (QED) is 0.850. The number of benzene rings is 2. The number of nitrogen functional groups attached to an aromatic ring is 1. The summed E-state index contributed by atoms with van der Waals surface area (Å²) in [6.45, 7) is 1.98. The molecule has 2 aromatic carbocycles. The molecule has 0 heterocycles. The highest BCUT2D eigenvalue weighted by Gasteiger charge is 2.17. The van der Waals surface area contributed by atoms with Crippen LogP contribution in [-0.2, 0) is 0 Å². The Balaban J connectivity index is 2.33. The molecule has 0 aromatic heterocycles. The smallest absolute Gasteiger partial charge is 0.148 e. The molecule has 19 heavy (non-hydrogen) atoms. The number of hydrogen-bond acceptors (Lipinski definition) is 2. The molecule has 0 radical (unpaired) electrons. The van der Waals surface area contributed by atoms with Gasteiger partial charge >= 0.3 is 0 Å². The highest BCUT2D eigenvalue weighted by atomic mass is 35.5. The molecule has 100 valence electrons. The molecule has 0 amide bonds. The Morgan fingerprint density at radius 3 is 2.53 bits per heavy atom. The van der Waals surface area contributed by atoms with Crippen molar-refractivity contribution in [3.63, 3.8) is 0 Å². The number of halogens is 2. The number of hydrogen-bond donors (Lipinski definition) is 1. The lowest BCUT2D eigenvalue weighted by atomic mass is 10.1. The van der Waals surface area contributed by atoms with Crippen LogP contribution >= 0.6 is 11.6 Å². The Bertz CT molecular complexity index is 586. The minimum absolute atomic E-state index is 0.0353. The van der Waals surface area contributed by atoms with Crippen LogP contribution in [0, 0.1) is 5.82 Å². The summed E-state index contributed by atoms with van der Waals surface area (Å²) in [6.07, 6.45) is 0. The van der Waals surface area contributed by atoms with E-state index in [0.29, 0.717) is 16.4 Å². The van der Waals surface area contributed by atoms with Crippen LogP contribution in [0.3, 0.4) is 0 Å². The molecular weight excluding hydrogens is 263 g/mol. The third kappa shape index (κ3) is 2.82. The first-order valence-electron chi connectivity index (χ1n) is 6.03. The summed E-state index contributed by atoms with van der Waals surface area (Å²) in [7, 11) is 1.84. The van der Waals surface area contributed by atoms with Gasteiger partial charge in [-0.2, -0.15) is 0 Å². The number of anilines is 2. The number of nitrogens with two attached hydrogens (primary N) is 1. The lowest BCUT2D eigenvalue weighted by Crippen LogP contribution is -2.23. The van der Waals surface area contributed by atoms with Crippen molar-refractivity contribution in [1.29, 1.82) is 0 Å². The maximum Gasteiger partial charge on any atom is 0.148 e. The van der Waals surface area contributed by atoms with Crippen LogP contribution in [0.1, 0.15) is 18.5 Å². The average molecular weight is 279 g/mol. The van der Waals surface area contributed by atoms with Gasteiger partial charge in [0.15, 0.2) is 0 Å². The van der Waals surface area contributed by atoms with E-state index >= 15 is 0 Å². The molecule has 1 unspecified atom stereocenters. The molecule has 0 aliphatic carbocycles. The zero-order valence-corrected chi connectivity index (χ0v) is 11.7. The SMILES string of the molecule is CC(c1ccccc1Cl)N(C)c1ccc(N)cc1F. The van der Waals surface area contributed by atoms with Gasteiger partial charge in [0.1, 0.15) is 5.82 Å². The Morgan fingerprint density at radius 2 is 1.89 bits per heavy atom. The van der Waals surface area contributed by atoms with Crippen LogP contribution in [0.4, 0.5) is 15.8 Å². The first-order chi connectivity index (χ1) is 9.00. The average Bonchev–Trinajstić information content (AvgIpc) is 2.38. The Labute approximate surface area is 117 Å². The van der Waals surface area contributed by atoms with E-state index in [1.165, 1.54) is 6.07 Å². The van der Waals surface area contributed by atoms with Crippen LogP contribution < -0.4 is 10.6 Å². The van der Waals surface area contributed by atoms with Gasteiger partial charge in [-0.1, -0.05) is 29.8 Å². The van der Waals surface area contributed by atoms with Crippen molar-refractivity contribution < 1.29 is 4.39 Å². The van der Waals surface area contributed by atoms with Crippen LogP contribution in [0.15, 0.2) is 42.5 Å². The standard InChI is InChI=1S/C15H16ClFN2/c1-10(12-5-3-4-6-13(12)16)19(2)15-8-7-11(18)9-14(15)17/h3-10H,18H2,1-2H3. The van der Waals surface area contributed by atoms with Gasteiger partial charge in [0.2, 0.25) is 0 Å². The molecule has 4 heteroatoms. The van der Waals surface area contributed by atoms with Gasteiger partial charge in [-0.3, -0.25) is 0 Å². The number of rotatable bonds is 3. The second-order valence-corrected chi connectivity index (χ2v) is 4.93. The largest absolute Gasteiger partial charge is 0.399 e. The van der Waals surface area contributed by atoms with Gasteiger partial charge < -0.3 is 10.6 Å². The summed E-state index contributed by atoms with van der Waals surface area (Å²) >= 11 is 6.18. The molecule has 0 aliphatic rings. The fourth-order valence-corrected chi connectivity index (χ4v) is 2.33. The molecule has 0 bridgehead atoms. The van der Waals surface area contributed by atoms with Crippen molar-refractivity contribution in [1.82, 2.24) is 0 Å². The lowest BCUT2D eigenvalue weighted by molar-refractivity contribution is 0.612. The maximum atomic E-state index is 13.9. The topological polar surface area (TPSA) is 29.3 Å². The summed E-state index contributed by atoms with van der Waals surface area (Å²) < 4.78 is 13.9. The summed E-state index contributed by atoms with van der Waals surface area (Å²) in [6, 6.07) is 12.2. The van der Waals surface area contributed by atoms with Gasteiger partial charge in [0.25, 0.3) is 0 Å². The molecule has 2 rings (SSSR count). The summed E-state index contributed by atoms with van der Waals surface area (Å²) in [5.74, 6) is -0.332. The van der Waals surface area contributed by atoms with Gasteiger partial charge in [0, 0.05) is 17.8 Å². The van der Waals surface area contributed by atoms with E-state index in [-0.39, 0.29) is 11.9 Å². The zero-order valence-electron chi connectivity index (χ0n) is 10.9. The van der Waals surface area contributed by atoms with E-state index in [1.807, 2.05) is 43.1 Å². The van der Waals surface area contributed by atoms with E-state index in [4.69, 9.17) is 17.3 Å². The molecule has 0 aliphatic heterocycles. The van der Waals surface area contributed by atoms with Gasteiger partial charge in [-0.25, -0.2) is 4.39 Å².